The van der Waals surface area contributed by atoms with Gasteiger partial charge in [0, 0.05) is 11.0 Å². The van der Waals surface area contributed by atoms with Crippen LogP contribution in [0, 0.1) is 6.92 Å². The molecule has 1 heterocycles. The molecule has 0 aliphatic carbocycles. The van der Waals surface area contributed by atoms with Crippen LogP contribution in [0.3, 0.4) is 0 Å². The van der Waals surface area contributed by atoms with Crippen molar-refractivity contribution in [2.24, 2.45) is 5.11 Å². The van der Waals surface area contributed by atoms with Crippen molar-refractivity contribution in [2.75, 3.05) is 7.11 Å². The molecule has 5 nitrogen and oxygen atoms in total. The maximum atomic E-state index is 8.17. The number of nitrogens with zero attached hydrogens (tertiary/aromatic N) is 4. The van der Waals surface area contributed by atoms with Crippen LogP contribution < -0.4 is 4.74 Å². The Balaban J connectivity index is 3.11. The molecule has 1 aromatic heterocycles. The summed E-state index contributed by atoms with van der Waals surface area (Å²) in [6.07, 6.45) is 0. The number of aryl methyl sites for hydroxylation is 1. The molecular formula is C7H8N4O. The number of hydrogen-bond acceptors (Lipinski definition) is 3. The second-order valence-corrected chi connectivity index (χ2v) is 2.15. The maximum Gasteiger partial charge on any atom is 0.213 e. The second-order valence-electron chi connectivity index (χ2n) is 2.15. The average Bonchev–Trinajstić information content (AvgIpc) is 2.09. The molecule has 0 aromatic carbocycles. The SMILES string of the molecule is COc1ccc(N=[N+]=[N-])c(C)n1. The second kappa shape index (κ2) is 3.59. The van der Waals surface area contributed by atoms with E-state index in [1.165, 1.54) is 7.11 Å². The van der Waals surface area contributed by atoms with E-state index in [0.717, 1.165) is 0 Å². The monoisotopic (exact) mass is 164 g/mol. The topological polar surface area (TPSA) is 70.9 Å². The van der Waals surface area contributed by atoms with Gasteiger partial charge in [0.25, 0.3) is 0 Å². The van der Waals surface area contributed by atoms with Crippen LogP contribution in [0.2, 0.25) is 0 Å². The zero-order chi connectivity index (χ0) is 8.97. The number of aromatic nitrogens is 1. The number of methoxy groups -OCH3 is 1. The van der Waals surface area contributed by atoms with Crippen LogP contribution in [0.4, 0.5) is 5.69 Å². The first kappa shape index (κ1) is 8.36. The lowest BCUT2D eigenvalue weighted by atomic mass is 10.3. The Bertz CT molecular complexity index is 330. The Morgan fingerprint density at radius 3 is 2.83 bits per heavy atom. The van der Waals surface area contributed by atoms with Gasteiger partial charge < -0.3 is 4.74 Å². The van der Waals surface area contributed by atoms with Crippen LogP contribution in [0.25, 0.3) is 10.4 Å². The molecule has 0 bridgehead atoms. The third kappa shape index (κ3) is 1.65. The first-order chi connectivity index (χ1) is 5.77. The molecule has 12 heavy (non-hydrogen) atoms. The van der Waals surface area contributed by atoms with E-state index in [9.17, 15) is 0 Å². The first-order valence-electron chi connectivity index (χ1n) is 3.34. The van der Waals surface area contributed by atoms with E-state index in [2.05, 4.69) is 15.0 Å². The minimum absolute atomic E-state index is 0.518. The van der Waals surface area contributed by atoms with Gasteiger partial charge in [-0.1, -0.05) is 5.11 Å². The van der Waals surface area contributed by atoms with Crippen LogP contribution in [0.5, 0.6) is 5.88 Å². The minimum atomic E-state index is 0.518. The molecule has 0 fully saturated rings. The van der Waals surface area contributed by atoms with Crippen molar-refractivity contribution in [1.29, 1.82) is 0 Å². The highest BCUT2D eigenvalue weighted by molar-refractivity contribution is 5.42. The van der Waals surface area contributed by atoms with Gasteiger partial charge in [-0.3, -0.25) is 0 Å². The van der Waals surface area contributed by atoms with Crippen LogP contribution >= 0.6 is 0 Å². The van der Waals surface area contributed by atoms with Gasteiger partial charge in [-0.05, 0) is 18.5 Å². The molecule has 0 saturated heterocycles. The Hall–Kier alpha value is -1.74. The van der Waals surface area contributed by atoms with E-state index in [1.54, 1.807) is 19.1 Å². The fourth-order valence-electron chi connectivity index (χ4n) is 0.798. The fourth-order valence-corrected chi connectivity index (χ4v) is 0.798. The van der Waals surface area contributed by atoms with Gasteiger partial charge in [-0.25, -0.2) is 4.98 Å². The van der Waals surface area contributed by atoms with Gasteiger partial charge in [0.1, 0.15) is 0 Å². The fraction of sp³-hybridized carbons (Fsp3) is 0.286. The highest BCUT2D eigenvalue weighted by Gasteiger charge is 1.98. The highest BCUT2D eigenvalue weighted by atomic mass is 16.5. The first-order valence-corrected chi connectivity index (χ1v) is 3.34. The summed E-state index contributed by atoms with van der Waals surface area (Å²) in [6.45, 7) is 1.76. The van der Waals surface area contributed by atoms with E-state index in [-0.39, 0.29) is 0 Å². The van der Waals surface area contributed by atoms with E-state index < -0.39 is 0 Å². The third-order valence-electron chi connectivity index (χ3n) is 1.39. The molecule has 1 rings (SSSR count). The molecular weight excluding hydrogens is 156 g/mol. The summed E-state index contributed by atoms with van der Waals surface area (Å²) < 4.78 is 4.88. The van der Waals surface area contributed by atoms with Gasteiger partial charge in [0.05, 0.1) is 18.5 Å². The summed E-state index contributed by atoms with van der Waals surface area (Å²) in [4.78, 5) is 6.69. The zero-order valence-corrected chi connectivity index (χ0v) is 6.85. The molecule has 0 atom stereocenters. The molecule has 62 valence electrons. The van der Waals surface area contributed by atoms with Crippen LogP contribution in [0.15, 0.2) is 17.2 Å². The van der Waals surface area contributed by atoms with Gasteiger partial charge in [-0.15, -0.1) is 0 Å². The lowest BCUT2D eigenvalue weighted by molar-refractivity contribution is 0.397. The van der Waals surface area contributed by atoms with Crippen molar-refractivity contribution in [3.8, 4) is 5.88 Å². The molecule has 5 heteroatoms. The van der Waals surface area contributed by atoms with Crippen LogP contribution in [-0.4, -0.2) is 12.1 Å². The number of hydrogen-bond donors (Lipinski definition) is 0. The normalized spacial score (nSPS) is 8.83. The van der Waals surface area contributed by atoms with Crippen LogP contribution in [-0.2, 0) is 0 Å². The van der Waals surface area contributed by atoms with Crippen molar-refractivity contribution < 1.29 is 4.74 Å². The van der Waals surface area contributed by atoms with E-state index in [0.29, 0.717) is 17.3 Å². The predicted molar refractivity (Wildman–Crippen MR) is 44.3 cm³/mol. The van der Waals surface area contributed by atoms with Crippen molar-refractivity contribution in [3.63, 3.8) is 0 Å². The number of rotatable bonds is 2. The van der Waals surface area contributed by atoms with Crippen molar-refractivity contribution >= 4 is 5.69 Å². The minimum Gasteiger partial charge on any atom is -0.481 e. The molecule has 0 N–H and O–H groups in total. The largest absolute Gasteiger partial charge is 0.481 e. The smallest absolute Gasteiger partial charge is 0.213 e. The van der Waals surface area contributed by atoms with Gasteiger partial charge in [0.15, 0.2) is 0 Å². The zero-order valence-electron chi connectivity index (χ0n) is 6.85. The molecule has 0 saturated carbocycles. The summed E-state index contributed by atoms with van der Waals surface area (Å²) in [6, 6.07) is 3.32. The number of ether oxygens (including phenoxy) is 1. The number of azide groups is 1. The summed E-state index contributed by atoms with van der Waals surface area (Å²) in [5.41, 5.74) is 9.36. The Morgan fingerprint density at radius 2 is 2.33 bits per heavy atom. The van der Waals surface area contributed by atoms with Crippen molar-refractivity contribution in [3.05, 3.63) is 28.3 Å². The molecule has 0 spiro atoms. The quantitative estimate of drug-likeness (QED) is 0.382. The lowest BCUT2D eigenvalue weighted by Crippen LogP contribution is -1.88. The Kier molecular flexibility index (Phi) is 2.50. The summed E-state index contributed by atoms with van der Waals surface area (Å²) in [7, 11) is 1.54. The van der Waals surface area contributed by atoms with E-state index in [4.69, 9.17) is 10.3 Å². The molecule has 0 aliphatic heterocycles. The highest BCUT2D eigenvalue weighted by Crippen LogP contribution is 2.19. The molecule has 0 amide bonds. The Morgan fingerprint density at radius 1 is 1.58 bits per heavy atom. The maximum absolute atomic E-state index is 8.17. The number of pyridine rings is 1. The Labute approximate surface area is 69.6 Å². The summed E-state index contributed by atoms with van der Waals surface area (Å²) in [5, 5.41) is 3.44. The third-order valence-corrected chi connectivity index (χ3v) is 1.39. The average molecular weight is 164 g/mol. The standard InChI is InChI=1S/C7H8N4O/c1-5-6(10-11-8)3-4-7(9-5)12-2/h3-4H,1-2H3. The van der Waals surface area contributed by atoms with E-state index >= 15 is 0 Å². The van der Waals surface area contributed by atoms with Gasteiger partial charge in [-0.2, -0.15) is 0 Å². The van der Waals surface area contributed by atoms with E-state index in [1.807, 2.05) is 0 Å². The van der Waals surface area contributed by atoms with Crippen molar-refractivity contribution in [1.82, 2.24) is 4.98 Å². The predicted octanol–water partition coefficient (Wildman–Crippen LogP) is 2.34. The molecule has 0 unspecified atom stereocenters. The van der Waals surface area contributed by atoms with Crippen LogP contribution in [0.1, 0.15) is 5.69 Å². The van der Waals surface area contributed by atoms with Gasteiger partial charge >= 0.3 is 0 Å². The van der Waals surface area contributed by atoms with Crippen molar-refractivity contribution in [2.45, 2.75) is 6.92 Å². The lowest BCUT2D eigenvalue weighted by Gasteiger charge is -2.00. The summed E-state index contributed by atoms with van der Waals surface area (Å²) in [5.74, 6) is 0.518. The molecule has 0 aliphatic rings. The summed E-state index contributed by atoms with van der Waals surface area (Å²) >= 11 is 0. The molecule has 0 radical (unpaired) electrons. The molecule has 1 aromatic rings. The van der Waals surface area contributed by atoms with Gasteiger partial charge in [0.2, 0.25) is 5.88 Å².